The van der Waals surface area contributed by atoms with Crippen molar-refractivity contribution in [3.63, 3.8) is 0 Å². The Morgan fingerprint density at radius 2 is 1.81 bits per heavy atom. The van der Waals surface area contributed by atoms with Gasteiger partial charge in [0.15, 0.2) is 0 Å². The molecular weight excluding hydrogens is 265 g/mol. The van der Waals surface area contributed by atoms with Crippen molar-refractivity contribution >= 4 is 0 Å². The molecule has 0 aliphatic carbocycles. The van der Waals surface area contributed by atoms with Gasteiger partial charge in [-0.05, 0) is 50.1 Å². The second kappa shape index (κ2) is 7.23. The summed E-state index contributed by atoms with van der Waals surface area (Å²) in [6, 6.07) is 13.4. The lowest BCUT2D eigenvalue weighted by Gasteiger charge is -2.15. The lowest BCUT2D eigenvalue weighted by Crippen LogP contribution is -2.31. The first-order valence-corrected chi connectivity index (χ1v) is 7.22. The zero-order chi connectivity index (χ0) is 15.2. The zero-order valence-corrected chi connectivity index (χ0v) is 12.8. The van der Waals surface area contributed by atoms with Gasteiger partial charge < -0.3 is 10.1 Å². The number of halogens is 1. The van der Waals surface area contributed by atoms with E-state index in [1.54, 1.807) is 6.92 Å². The van der Waals surface area contributed by atoms with Crippen molar-refractivity contribution < 1.29 is 9.13 Å². The molecule has 2 aromatic carbocycles. The van der Waals surface area contributed by atoms with E-state index in [9.17, 15) is 4.39 Å². The minimum absolute atomic E-state index is 0.158. The van der Waals surface area contributed by atoms with E-state index in [-0.39, 0.29) is 11.9 Å². The highest BCUT2D eigenvalue weighted by atomic mass is 19.1. The molecule has 1 atom stereocenters. The quantitative estimate of drug-likeness (QED) is 0.867. The van der Waals surface area contributed by atoms with Gasteiger partial charge in [0.2, 0.25) is 0 Å². The summed E-state index contributed by atoms with van der Waals surface area (Å²) in [4.78, 5) is 0. The fourth-order valence-electron chi connectivity index (χ4n) is 2.02. The van der Waals surface area contributed by atoms with Gasteiger partial charge >= 0.3 is 0 Å². The van der Waals surface area contributed by atoms with Crippen LogP contribution in [0.3, 0.4) is 0 Å². The predicted octanol–water partition coefficient (Wildman–Crippen LogP) is 4.00. The Labute approximate surface area is 126 Å². The van der Waals surface area contributed by atoms with Crippen LogP contribution in [0.15, 0.2) is 42.5 Å². The number of benzene rings is 2. The molecule has 0 fully saturated rings. The van der Waals surface area contributed by atoms with Gasteiger partial charge in [0.05, 0.1) is 0 Å². The normalized spacial score (nSPS) is 12.2. The number of hydrogen-bond acceptors (Lipinski definition) is 2. The van der Waals surface area contributed by atoms with E-state index in [0.717, 1.165) is 11.3 Å². The maximum Gasteiger partial charge on any atom is 0.126 e. The highest BCUT2D eigenvalue weighted by molar-refractivity contribution is 5.26. The molecule has 2 aromatic rings. The van der Waals surface area contributed by atoms with Crippen LogP contribution in [0.1, 0.15) is 23.6 Å². The van der Waals surface area contributed by atoms with Gasteiger partial charge in [-0.2, -0.15) is 0 Å². The summed E-state index contributed by atoms with van der Waals surface area (Å²) in [5.41, 5.74) is 2.98. The molecule has 0 radical (unpaired) electrons. The molecular formula is C18H22FNO. The fourth-order valence-corrected chi connectivity index (χ4v) is 2.02. The Hall–Kier alpha value is -1.87. The van der Waals surface area contributed by atoms with Crippen molar-refractivity contribution in [2.24, 2.45) is 0 Å². The van der Waals surface area contributed by atoms with Gasteiger partial charge in [-0.3, -0.25) is 0 Å². The fraction of sp³-hybridized carbons (Fsp3) is 0.333. The molecule has 21 heavy (non-hydrogen) atoms. The average Bonchev–Trinajstić information content (AvgIpc) is 2.48. The molecule has 0 bridgehead atoms. The predicted molar refractivity (Wildman–Crippen MR) is 84.1 cm³/mol. The Kier molecular flexibility index (Phi) is 5.34. The third-order valence-electron chi connectivity index (χ3n) is 3.40. The monoisotopic (exact) mass is 287 g/mol. The van der Waals surface area contributed by atoms with E-state index >= 15 is 0 Å². The van der Waals surface area contributed by atoms with E-state index in [2.05, 4.69) is 19.2 Å². The second-order valence-electron chi connectivity index (χ2n) is 5.49. The molecule has 0 spiro atoms. The lowest BCUT2D eigenvalue weighted by molar-refractivity contribution is 0.272. The molecule has 3 heteroatoms. The first-order valence-electron chi connectivity index (χ1n) is 7.22. The average molecular weight is 287 g/mol. The minimum Gasteiger partial charge on any atom is -0.492 e. The molecule has 0 aliphatic rings. The van der Waals surface area contributed by atoms with Crippen LogP contribution in [0.4, 0.5) is 4.39 Å². The summed E-state index contributed by atoms with van der Waals surface area (Å²) in [6.45, 7) is 7.22. The van der Waals surface area contributed by atoms with E-state index in [0.29, 0.717) is 18.7 Å². The van der Waals surface area contributed by atoms with Gasteiger partial charge in [-0.25, -0.2) is 4.39 Å². The molecule has 0 amide bonds. The molecule has 1 N–H and O–H groups in total. The van der Waals surface area contributed by atoms with Crippen molar-refractivity contribution in [2.75, 3.05) is 6.61 Å². The van der Waals surface area contributed by atoms with Gasteiger partial charge in [0, 0.05) is 12.6 Å². The largest absolute Gasteiger partial charge is 0.492 e. The van der Waals surface area contributed by atoms with Crippen LogP contribution < -0.4 is 10.1 Å². The molecule has 0 saturated heterocycles. The summed E-state index contributed by atoms with van der Waals surface area (Å²) in [5, 5.41) is 3.38. The maximum absolute atomic E-state index is 13.2. The van der Waals surface area contributed by atoms with Crippen LogP contribution in [-0.2, 0) is 6.54 Å². The molecule has 0 aliphatic heterocycles. The summed E-state index contributed by atoms with van der Waals surface area (Å²) in [7, 11) is 0. The number of rotatable bonds is 6. The van der Waals surface area contributed by atoms with Gasteiger partial charge in [0.25, 0.3) is 0 Å². The molecule has 2 nitrogen and oxygen atoms in total. The van der Waals surface area contributed by atoms with Gasteiger partial charge in [0.1, 0.15) is 18.2 Å². The number of nitrogens with one attached hydrogen (secondary N) is 1. The standard InChI is InChI=1S/C18H22FNO/c1-13-4-7-17(8-5-13)21-12-15(3)20-11-16-6-9-18(19)14(2)10-16/h4-10,15,20H,11-12H2,1-3H3. The van der Waals surface area contributed by atoms with Crippen molar-refractivity contribution in [2.45, 2.75) is 33.4 Å². The van der Waals surface area contributed by atoms with Crippen LogP contribution in [0.5, 0.6) is 5.75 Å². The Balaban J connectivity index is 1.77. The summed E-state index contributed by atoms with van der Waals surface area (Å²) >= 11 is 0. The number of aryl methyl sites for hydroxylation is 2. The molecule has 2 rings (SSSR count). The smallest absolute Gasteiger partial charge is 0.126 e. The van der Waals surface area contributed by atoms with Crippen LogP contribution in [0, 0.1) is 19.7 Å². The van der Waals surface area contributed by atoms with Gasteiger partial charge in [-0.1, -0.05) is 29.8 Å². The van der Waals surface area contributed by atoms with Crippen LogP contribution in [0.2, 0.25) is 0 Å². The third-order valence-corrected chi connectivity index (χ3v) is 3.40. The van der Waals surface area contributed by atoms with E-state index in [1.165, 1.54) is 11.6 Å². The first kappa shape index (κ1) is 15.5. The van der Waals surface area contributed by atoms with Crippen LogP contribution in [0.25, 0.3) is 0 Å². The van der Waals surface area contributed by atoms with Gasteiger partial charge in [-0.15, -0.1) is 0 Å². The minimum atomic E-state index is -0.158. The SMILES string of the molecule is Cc1ccc(OCC(C)NCc2ccc(F)c(C)c2)cc1. The molecule has 112 valence electrons. The Morgan fingerprint density at radius 1 is 1.10 bits per heavy atom. The third kappa shape index (κ3) is 4.87. The van der Waals surface area contributed by atoms with Crippen molar-refractivity contribution in [3.05, 3.63) is 65.0 Å². The summed E-state index contributed by atoms with van der Waals surface area (Å²) < 4.78 is 18.9. The number of ether oxygens (including phenoxy) is 1. The summed E-state index contributed by atoms with van der Waals surface area (Å²) in [5.74, 6) is 0.723. The Bertz CT molecular complexity index is 580. The summed E-state index contributed by atoms with van der Waals surface area (Å²) in [6.07, 6.45) is 0. The van der Waals surface area contributed by atoms with Crippen molar-refractivity contribution in [3.8, 4) is 5.75 Å². The first-order chi connectivity index (χ1) is 10.0. The molecule has 0 saturated carbocycles. The van der Waals surface area contributed by atoms with Crippen LogP contribution >= 0.6 is 0 Å². The van der Waals surface area contributed by atoms with Crippen LogP contribution in [-0.4, -0.2) is 12.6 Å². The number of hydrogen-bond donors (Lipinski definition) is 1. The van der Waals surface area contributed by atoms with Crippen molar-refractivity contribution in [1.29, 1.82) is 0 Å². The molecule has 1 unspecified atom stereocenters. The Morgan fingerprint density at radius 3 is 2.48 bits per heavy atom. The highest BCUT2D eigenvalue weighted by Gasteiger charge is 2.04. The maximum atomic E-state index is 13.2. The van der Waals surface area contributed by atoms with E-state index in [4.69, 9.17) is 4.74 Å². The van der Waals surface area contributed by atoms with E-state index in [1.807, 2.05) is 36.4 Å². The topological polar surface area (TPSA) is 21.3 Å². The van der Waals surface area contributed by atoms with E-state index < -0.39 is 0 Å². The highest BCUT2D eigenvalue weighted by Crippen LogP contribution is 2.12. The molecule has 0 heterocycles. The second-order valence-corrected chi connectivity index (χ2v) is 5.49. The lowest BCUT2D eigenvalue weighted by atomic mass is 10.1. The molecule has 0 aromatic heterocycles. The van der Waals surface area contributed by atoms with Crippen molar-refractivity contribution in [1.82, 2.24) is 5.32 Å². The zero-order valence-electron chi connectivity index (χ0n) is 12.8.